The van der Waals surface area contributed by atoms with E-state index in [-0.39, 0.29) is 19.1 Å². The van der Waals surface area contributed by atoms with Crippen LogP contribution in [0, 0.1) is 0 Å². The number of quaternary nitrogens is 1. The summed E-state index contributed by atoms with van der Waals surface area (Å²) in [6, 6.07) is -0.848. The van der Waals surface area contributed by atoms with Crippen LogP contribution in [0.25, 0.3) is 0 Å². The summed E-state index contributed by atoms with van der Waals surface area (Å²) < 4.78 is 23.7. The lowest BCUT2D eigenvalue weighted by atomic mass is 10.0. The molecule has 1 amide bonds. The molecule has 0 heterocycles. The lowest BCUT2D eigenvalue weighted by Crippen LogP contribution is -2.45. The first-order valence-corrected chi connectivity index (χ1v) is 32.7. The number of likely N-dealkylation sites (N-methyl/N-ethyl adjacent to an activating group) is 1. The van der Waals surface area contributed by atoms with Gasteiger partial charge < -0.3 is 19.8 Å². The van der Waals surface area contributed by atoms with Crippen molar-refractivity contribution in [2.75, 3.05) is 40.9 Å². The van der Waals surface area contributed by atoms with Crippen molar-refractivity contribution in [3.8, 4) is 0 Å². The monoisotopic (exact) mass is 1020 g/mol. The molecule has 0 saturated heterocycles. The molecule has 0 radical (unpaired) electrons. The minimum absolute atomic E-state index is 0.0623. The molecule has 0 bridgehead atoms. The van der Waals surface area contributed by atoms with Gasteiger partial charge in [0, 0.05) is 6.42 Å². The van der Waals surface area contributed by atoms with Crippen molar-refractivity contribution in [2.45, 2.75) is 328 Å². The summed E-state index contributed by atoms with van der Waals surface area (Å²) in [4.78, 5) is 23.3. The number of rotatable bonds is 58. The van der Waals surface area contributed by atoms with Crippen molar-refractivity contribution in [1.82, 2.24) is 5.32 Å². The number of carbonyl (C=O) groups excluding carboxylic acids is 1. The van der Waals surface area contributed by atoms with Crippen LogP contribution < -0.4 is 5.32 Å². The van der Waals surface area contributed by atoms with Crippen molar-refractivity contribution < 1.29 is 32.9 Å². The molecule has 9 heteroatoms. The summed E-state index contributed by atoms with van der Waals surface area (Å²) in [5.41, 5.74) is 0. The molecule has 71 heavy (non-hydrogen) atoms. The zero-order valence-electron chi connectivity index (χ0n) is 48.2. The van der Waals surface area contributed by atoms with Crippen LogP contribution in [0.5, 0.6) is 0 Å². The van der Waals surface area contributed by atoms with E-state index in [4.69, 9.17) is 9.05 Å². The second kappa shape index (κ2) is 53.8. The van der Waals surface area contributed by atoms with E-state index in [1.54, 1.807) is 6.08 Å². The molecular formula is C62H124N2O6P+. The first kappa shape index (κ1) is 70.0. The van der Waals surface area contributed by atoms with Gasteiger partial charge in [-0.2, -0.15) is 0 Å². The maximum atomic E-state index is 13.0. The van der Waals surface area contributed by atoms with Gasteiger partial charge in [-0.05, 0) is 44.9 Å². The Morgan fingerprint density at radius 1 is 0.465 bits per heavy atom. The van der Waals surface area contributed by atoms with Crippen LogP contribution in [-0.4, -0.2) is 73.4 Å². The van der Waals surface area contributed by atoms with E-state index in [1.165, 1.54) is 257 Å². The number of amides is 1. The normalized spacial score (nSPS) is 14.0. The van der Waals surface area contributed by atoms with Crippen LogP contribution >= 0.6 is 7.82 Å². The molecule has 422 valence electrons. The minimum Gasteiger partial charge on any atom is -0.387 e. The van der Waals surface area contributed by atoms with Crippen LogP contribution in [0.3, 0.4) is 0 Å². The third-order valence-electron chi connectivity index (χ3n) is 14.4. The van der Waals surface area contributed by atoms with Crippen molar-refractivity contribution in [3.05, 3.63) is 24.3 Å². The Bertz CT molecular complexity index is 1210. The second-order valence-corrected chi connectivity index (χ2v) is 24.2. The zero-order valence-corrected chi connectivity index (χ0v) is 49.1. The Kier molecular flexibility index (Phi) is 53.0. The predicted molar refractivity (Wildman–Crippen MR) is 309 cm³/mol. The van der Waals surface area contributed by atoms with Crippen molar-refractivity contribution in [3.63, 3.8) is 0 Å². The quantitative estimate of drug-likeness (QED) is 0.0243. The standard InChI is InChI=1S/C62H123N2O6P/c1-6-8-10-12-14-16-18-20-22-24-25-26-27-28-29-30-31-32-33-34-35-36-37-38-40-41-43-45-47-49-51-53-55-61(65)60(59-70-71(67,68)69-58-57-64(3,4)5)63-62(66)56-54-52-50-48-46-44-42-39-23-21-19-17-15-13-11-9-7-2/h21,23,53,55,60-61,65H,6-20,22,24-52,54,56-59H2,1-5H3,(H-,63,66,67,68)/p+1/b23-21-,55-53+. The molecule has 0 aliphatic heterocycles. The third-order valence-corrected chi connectivity index (χ3v) is 15.4. The molecule has 8 nitrogen and oxygen atoms in total. The number of carbonyl (C=O) groups is 1. The molecule has 3 N–H and O–H groups in total. The highest BCUT2D eigenvalue weighted by atomic mass is 31.2. The molecule has 0 spiro atoms. The molecule has 0 aromatic carbocycles. The largest absolute Gasteiger partial charge is 0.472 e. The fourth-order valence-corrected chi connectivity index (χ4v) is 10.2. The number of hydrogen-bond acceptors (Lipinski definition) is 5. The molecule has 0 aliphatic carbocycles. The number of phosphoric ester groups is 1. The number of aliphatic hydroxyl groups is 1. The van der Waals surface area contributed by atoms with Gasteiger partial charge in [-0.3, -0.25) is 13.8 Å². The highest BCUT2D eigenvalue weighted by Crippen LogP contribution is 2.43. The number of nitrogens with zero attached hydrogens (tertiary/aromatic N) is 1. The Hall–Kier alpha value is -1.02. The summed E-state index contributed by atoms with van der Waals surface area (Å²) in [7, 11) is 1.58. The van der Waals surface area contributed by atoms with E-state index >= 15 is 0 Å². The van der Waals surface area contributed by atoms with Crippen LogP contribution in [-0.2, 0) is 18.4 Å². The van der Waals surface area contributed by atoms with Crippen molar-refractivity contribution in [2.24, 2.45) is 0 Å². The summed E-state index contributed by atoms with van der Waals surface area (Å²) in [5.74, 6) is -0.177. The smallest absolute Gasteiger partial charge is 0.387 e. The van der Waals surface area contributed by atoms with Gasteiger partial charge in [-0.1, -0.05) is 289 Å². The highest BCUT2D eigenvalue weighted by molar-refractivity contribution is 7.47. The van der Waals surface area contributed by atoms with Crippen molar-refractivity contribution in [1.29, 1.82) is 0 Å². The maximum Gasteiger partial charge on any atom is 0.472 e. The van der Waals surface area contributed by atoms with Gasteiger partial charge in [0.05, 0.1) is 39.9 Å². The third kappa shape index (κ3) is 56.5. The molecule has 0 aromatic heterocycles. The number of aliphatic hydroxyl groups excluding tert-OH is 1. The molecule has 0 rings (SSSR count). The number of allylic oxidation sites excluding steroid dienone is 3. The van der Waals surface area contributed by atoms with Crippen LogP contribution in [0.2, 0.25) is 0 Å². The van der Waals surface area contributed by atoms with Gasteiger partial charge >= 0.3 is 7.82 Å². The molecule has 0 aliphatic rings. The lowest BCUT2D eigenvalue weighted by molar-refractivity contribution is -0.870. The van der Waals surface area contributed by atoms with Gasteiger partial charge in [-0.25, -0.2) is 4.57 Å². The highest BCUT2D eigenvalue weighted by Gasteiger charge is 2.27. The number of hydrogen-bond donors (Lipinski definition) is 3. The lowest BCUT2D eigenvalue weighted by Gasteiger charge is -2.25. The van der Waals surface area contributed by atoms with Crippen LogP contribution in [0.1, 0.15) is 316 Å². The van der Waals surface area contributed by atoms with Gasteiger partial charge in [0.25, 0.3) is 0 Å². The Balaban J connectivity index is 4.06. The zero-order chi connectivity index (χ0) is 52.0. The first-order valence-electron chi connectivity index (χ1n) is 31.2. The molecular weight excluding hydrogens is 900 g/mol. The SMILES string of the molecule is CCCCCCCC/C=C\CCCCCCCCCC(=O)NC(COP(=O)(O)OCC[N+](C)(C)C)C(O)/C=C/CCCCCCCCCCCCCCCCCCCCCCCCCCCCCCCC. The molecule has 0 saturated carbocycles. The Labute approximate surface area is 443 Å². The van der Waals surface area contributed by atoms with E-state index in [0.29, 0.717) is 17.4 Å². The van der Waals surface area contributed by atoms with Gasteiger partial charge in [-0.15, -0.1) is 0 Å². The average molecular weight is 1020 g/mol. The van der Waals surface area contributed by atoms with E-state index in [0.717, 1.165) is 38.5 Å². The van der Waals surface area contributed by atoms with E-state index < -0.39 is 20.0 Å². The predicted octanol–water partition coefficient (Wildman–Crippen LogP) is 19.2. The summed E-state index contributed by atoms with van der Waals surface area (Å²) >= 11 is 0. The van der Waals surface area contributed by atoms with Gasteiger partial charge in [0.1, 0.15) is 13.2 Å². The summed E-state index contributed by atoms with van der Waals surface area (Å²) in [6.07, 6.45) is 68.7. The topological polar surface area (TPSA) is 105 Å². The van der Waals surface area contributed by atoms with Gasteiger partial charge in [0.2, 0.25) is 5.91 Å². The van der Waals surface area contributed by atoms with E-state index in [2.05, 4.69) is 31.3 Å². The summed E-state index contributed by atoms with van der Waals surface area (Å²) in [6.45, 7) is 4.85. The number of nitrogens with one attached hydrogen (secondary N) is 1. The Morgan fingerprint density at radius 2 is 0.761 bits per heavy atom. The van der Waals surface area contributed by atoms with E-state index in [9.17, 15) is 19.4 Å². The molecule has 0 aromatic rings. The fraction of sp³-hybridized carbons (Fsp3) is 0.919. The van der Waals surface area contributed by atoms with Crippen LogP contribution in [0.4, 0.5) is 0 Å². The number of phosphoric acid groups is 1. The maximum absolute atomic E-state index is 13.0. The second-order valence-electron chi connectivity index (χ2n) is 22.8. The average Bonchev–Trinajstić information content (AvgIpc) is 3.33. The summed E-state index contributed by atoms with van der Waals surface area (Å²) in [5, 5.41) is 14.0. The van der Waals surface area contributed by atoms with Crippen LogP contribution in [0.15, 0.2) is 24.3 Å². The fourth-order valence-electron chi connectivity index (χ4n) is 9.51. The molecule has 0 fully saturated rings. The van der Waals surface area contributed by atoms with E-state index in [1.807, 2.05) is 27.2 Å². The molecule has 3 unspecified atom stereocenters. The first-order chi connectivity index (χ1) is 34.5. The Morgan fingerprint density at radius 3 is 1.08 bits per heavy atom. The molecule has 3 atom stereocenters. The number of unbranched alkanes of at least 4 members (excludes halogenated alkanes) is 43. The van der Waals surface area contributed by atoms with Gasteiger partial charge in [0.15, 0.2) is 0 Å². The minimum atomic E-state index is -4.35. The van der Waals surface area contributed by atoms with Crippen molar-refractivity contribution >= 4 is 13.7 Å².